The van der Waals surface area contributed by atoms with Crippen molar-refractivity contribution in [3.63, 3.8) is 0 Å². The van der Waals surface area contributed by atoms with Gasteiger partial charge in [0.15, 0.2) is 0 Å². The predicted octanol–water partition coefficient (Wildman–Crippen LogP) is 3.55. The highest BCUT2D eigenvalue weighted by atomic mass is 35.5. The van der Waals surface area contributed by atoms with Crippen molar-refractivity contribution in [2.24, 2.45) is 0 Å². The van der Waals surface area contributed by atoms with Crippen LogP contribution in [0.1, 0.15) is 5.56 Å². The number of ether oxygens (including phenoxy) is 1. The Bertz CT molecular complexity index is 312. The van der Waals surface area contributed by atoms with Gasteiger partial charge in [-0.25, -0.2) is 0 Å². The number of halogens is 2. The summed E-state index contributed by atoms with van der Waals surface area (Å²) in [7, 11) is 0. The van der Waals surface area contributed by atoms with E-state index in [-0.39, 0.29) is 4.51 Å². The molecule has 0 heterocycles. The van der Waals surface area contributed by atoms with Gasteiger partial charge in [0.1, 0.15) is 5.75 Å². The molecule has 0 aliphatic heterocycles. The second-order valence-corrected chi connectivity index (χ2v) is 3.60. The summed E-state index contributed by atoms with van der Waals surface area (Å²) in [6, 6.07) is 5.22. The largest absolute Gasteiger partial charge is 0.436 e. The lowest BCUT2D eigenvalue weighted by Gasteiger charge is -2.03. The van der Waals surface area contributed by atoms with E-state index in [1.54, 1.807) is 18.2 Å². The molecule has 0 spiro atoms. The lowest BCUT2D eigenvalue weighted by Crippen LogP contribution is -1.95. The molecule has 1 aromatic rings. The Labute approximate surface area is 86.2 Å². The fourth-order valence-corrected chi connectivity index (χ4v) is 1.08. The summed E-state index contributed by atoms with van der Waals surface area (Å²) < 4.78 is 4.97. The standard InChI is InChI=1S/C8H6Cl2OS/c1-5-4-6(11-8(10)12)2-3-7(5)9/h2-4H,1H3. The molecule has 1 aromatic carbocycles. The molecule has 0 N–H and O–H groups in total. The van der Waals surface area contributed by atoms with E-state index in [1.165, 1.54) is 0 Å². The number of aryl methyl sites for hydroxylation is 1. The highest BCUT2D eigenvalue weighted by Gasteiger charge is 1.99. The number of benzene rings is 1. The molecule has 64 valence electrons. The minimum atomic E-state index is -0.0169. The normalized spacial score (nSPS) is 9.58. The van der Waals surface area contributed by atoms with Gasteiger partial charge < -0.3 is 4.74 Å². The molecule has 4 heteroatoms. The van der Waals surface area contributed by atoms with Crippen LogP contribution in [0, 0.1) is 6.92 Å². The Morgan fingerprint density at radius 3 is 2.67 bits per heavy atom. The molecule has 12 heavy (non-hydrogen) atoms. The summed E-state index contributed by atoms with van der Waals surface area (Å²) in [5.74, 6) is 0.608. The van der Waals surface area contributed by atoms with Crippen molar-refractivity contribution in [3.05, 3.63) is 28.8 Å². The van der Waals surface area contributed by atoms with Gasteiger partial charge in [-0.05, 0) is 54.5 Å². The third-order valence-electron chi connectivity index (χ3n) is 1.33. The number of hydrogen-bond acceptors (Lipinski definition) is 2. The average Bonchev–Trinajstić information content (AvgIpc) is 1.96. The maximum Gasteiger partial charge on any atom is 0.260 e. The van der Waals surface area contributed by atoms with E-state index < -0.39 is 0 Å². The lowest BCUT2D eigenvalue weighted by molar-refractivity contribution is 0.577. The number of hydrogen-bond donors (Lipinski definition) is 0. The van der Waals surface area contributed by atoms with E-state index in [1.807, 2.05) is 6.92 Å². The van der Waals surface area contributed by atoms with Gasteiger partial charge in [0.2, 0.25) is 0 Å². The molecule has 0 unspecified atom stereocenters. The van der Waals surface area contributed by atoms with Crippen LogP contribution in [0.4, 0.5) is 0 Å². The molecule has 0 bridgehead atoms. The van der Waals surface area contributed by atoms with Crippen molar-refractivity contribution in [1.82, 2.24) is 0 Å². The highest BCUT2D eigenvalue weighted by Crippen LogP contribution is 2.21. The van der Waals surface area contributed by atoms with Gasteiger partial charge in [0, 0.05) is 5.02 Å². The smallest absolute Gasteiger partial charge is 0.260 e. The van der Waals surface area contributed by atoms with E-state index in [4.69, 9.17) is 27.9 Å². The first-order valence-electron chi connectivity index (χ1n) is 3.23. The van der Waals surface area contributed by atoms with Crippen LogP contribution in [-0.4, -0.2) is 4.51 Å². The summed E-state index contributed by atoms with van der Waals surface area (Å²) in [4.78, 5) is 0. The van der Waals surface area contributed by atoms with Crippen molar-refractivity contribution >= 4 is 39.9 Å². The molecule has 0 aromatic heterocycles. The monoisotopic (exact) mass is 220 g/mol. The maximum absolute atomic E-state index is 5.80. The zero-order valence-electron chi connectivity index (χ0n) is 6.30. The number of rotatable bonds is 1. The SMILES string of the molecule is Cc1cc(OC(=S)Cl)ccc1Cl. The fraction of sp³-hybridized carbons (Fsp3) is 0.125. The van der Waals surface area contributed by atoms with Crippen LogP contribution in [-0.2, 0) is 0 Å². The maximum atomic E-state index is 5.80. The third-order valence-corrected chi connectivity index (χ3v) is 1.91. The summed E-state index contributed by atoms with van der Waals surface area (Å²) in [6.07, 6.45) is 0. The fourth-order valence-electron chi connectivity index (χ4n) is 0.773. The lowest BCUT2D eigenvalue weighted by atomic mass is 10.2. The Balaban J connectivity index is 2.89. The summed E-state index contributed by atoms with van der Waals surface area (Å²) in [5.41, 5.74) is 0.932. The average molecular weight is 221 g/mol. The molecule has 0 saturated heterocycles. The minimum Gasteiger partial charge on any atom is -0.436 e. The van der Waals surface area contributed by atoms with Crippen molar-refractivity contribution in [1.29, 1.82) is 0 Å². The van der Waals surface area contributed by atoms with Crippen LogP contribution < -0.4 is 4.74 Å². The summed E-state index contributed by atoms with van der Waals surface area (Å²) in [6.45, 7) is 1.88. The van der Waals surface area contributed by atoms with Crippen LogP contribution in [0.5, 0.6) is 5.75 Å². The molecule has 0 radical (unpaired) electrons. The van der Waals surface area contributed by atoms with Gasteiger partial charge in [-0.1, -0.05) is 11.6 Å². The molecule has 0 atom stereocenters. The van der Waals surface area contributed by atoms with E-state index in [0.717, 1.165) is 5.56 Å². The second kappa shape index (κ2) is 4.08. The molecule has 0 aliphatic carbocycles. The van der Waals surface area contributed by atoms with E-state index in [2.05, 4.69) is 12.2 Å². The van der Waals surface area contributed by atoms with Crippen molar-refractivity contribution in [2.45, 2.75) is 6.92 Å². The van der Waals surface area contributed by atoms with Crippen molar-refractivity contribution in [3.8, 4) is 5.75 Å². The van der Waals surface area contributed by atoms with Gasteiger partial charge in [-0.3, -0.25) is 0 Å². The molecular weight excluding hydrogens is 215 g/mol. The minimum absolute atomic E-state index is 0.0169. The van der Waals surface area contributed by atoms with Crippen LogP contribution in [0.2, 0.25) is 5.02 Å². The molecule has 0 saturated carbocycles. The van der Waals surface area contributed by atoms with Gasteiger partial charge in [0.25, 0.3) is 4.51 Å². The second-order valence-electron chi connectivity index (χ2n) is 2.25. The van der Waals surface area contributed by atoms with Crippen molar-refractivity contribution in [2.75, 3.05) is 0 Å². The van der Waals surface area contributed by atoms with E-state index in [9.17, 15) is 0 Å². The first kappa shape index (κ1) is 9.78. The molecule has 1 nitrogen and oxygen atoms in total. The topological polar surface area (TPSA) is 9.23 Å². The Morgan fingerprint density at radius 2 is 2.17 bits per heavy atom. The first-order valence-corrected chi connectivity index (χ1v) is 4.39. The van der Waals surface area contributed by atoms with E-state index in [0.29, 0.717) is 10.8 Å². The summed E-state index contributed by atoms with van der Waals surface area (Å²) in [5, 5.41) is 0.697. The molecule has 1 rings (SSSR count). The van der Waals surface area contributed by atoms with Crippen LogP contribution in [0.25, 0.3) is 0 Å². The Hall–Kier alpha value is -0.310. The summed E-state index contributed by atoms with van der Waals surface area (Å²) >= 11 is 15.7. The van der Waals surface area contributed by atoms with Gasteiger partial charge in [-0.15, -0.1) is 0 Å². The van der Waals surface area contributed by atoms with Gasteiger partial charge >= 0.3 is 0 Å². The van der Waals surface area contributed by atoms with Crippen LogP contribution >= 0.6 is 35.4 Å². The zero-order valence-corrected chi connectivity index (χ0v) is 8.63. The van der Waals surface area contributed by atoms with Crippen LogP contribution in [0.3, 0.4) is 0 Å². The Morgan fingerprint density at radius 1 is 1.50 bits per heavy atom. The quantitative estimate of drug-likeness (QED) is 0.529. The molecule has 0 fully saturated rings. The molecular formula is C8H6Cl2OS. The zero-order chi connectivity index (χ0) is 9.14. The highest BCUT2D eigenvalue weighted by molar-refractivity contribution is 7.82. The molecule has 0 amide bonds. The van der Waals surface area contributed by atoms with Gasteiger partial charge in [0.05, 0.1) is 0 Å². The van der Waals surface area contributed by atoms with E-state index >= 15 is 0 Å². The van der Waals surface area contributed by atoms with Crippen LogP contribution in [0.15, 0.2) is 18.2 Å². The number of thiocarbonyl (C=S) groups is 1. The third kappa shape index (κ3) is 2.63. The first-order chi connectivity index (χ1) is 5.59. The Kier molecular flexibility index (Phi) is 3.32. The predicted molar refractivity (Wildman–Crippen MR) is 55.3 cm³/mol. The van der Waals surface area contributed by atoms with Crippen molar-refractivity contribution < 1.29 is 4.74 Å². The van der Waals surface area contributed by atoms with Gasteiger partial charge in [-0.2, -0.15) is 0 Å². The molecule has 0 aliphatic rings.